The molecule has 0 saturated heterocycles. The maximum absolute atomic E-state index is 12.4. The summed E-state index contributed by atoms with van der Waals surface area (Å²) in [5, 5.41) is 0.965. The number of aromatic nitrogens is 1. The number of Topliss-reactive ketones (excluding diaryl/α,β-unsaturated/α-hetero) is 1. The van der Waals surface area contributed by atoms with E-state index in [0.717, 1.165) is 22.0 Å². The number of ether oxygens (including phenoxy) is 1. The number of benzene rings is 2. The zero-order valence-corrected chi connectivity index (χ0v) is 16.4. The average Bonchev–Trinajstić information content (AvgIpc) is 3.13. The molecule has 2 amide bonds. The molecule has 3 rings (SSSR count). The zero-order chi connectivity index (χ0) is 20.8. The summed E-state index contributed by atoms with van der Waals surface area (Å²) in [5.41, 5.74) is 7.92. The number of aromatic amines is 1. The SMILES string of the molecule is COc1ccc(C)cc1C(=O)CCC(=O)NNC(=O)Cc1c[nH]c2ccccc12. The fourth-order valence-corrected chi connectivity index (χ4v) is 3.10. The molecule has 1 aromatic heterocycles. The van der Waals surface area contributed by atoms with Crippen LogP contribution in [-0.2, 0) is 16.0 Å². The Kier molecular flexibility index (Phi) is 6.29. The number of hydrazine groups is 1. The number of nitrogens with one attached hydrogen (secondary N) is 3. The lowest BCUT2D eigenvalue weighted by atomic mass is 10.0. The summed E-state index contributed by atoms with van der Waals surface area (Å²) >= 11 is 0. The molecular weight excluding hydrogens is 370 g/mol. The smallest absolute Gasteiger partial charge is 0.242 e. The molecule has 0 atom stereocenters. The lowest BCUT2D eigenvalue weighted by molar-refractivity contribution is -0.128. The number of rotatable bonds is 7. The van der Waals surface area contributed by atoms with Gasteiger partial charge in [-0.15, -0.1) is 0 Å². The summed E-state index contributed by atoms with van der Waals surface area (Å²) < 4.78 is 5.21. The van der Waals surface area contributed by atoms with Gasteiger partial charge < -0.3 is 9.72 Å². The fourth-order valence-electron chi connectivity index (χ4n) is 3.10. The van der Waals surface area contributed by atoms with E-state index in [0.29, 0.717) is 11.3 Å². The van der Waals surface area contributed by atoms with Crippen molar-refractivity contribution >= 4 is 28.5 Å². The first-order valence-electron chi connectivity index (χ1n) is 9.28. The minimum Gasteiger partial charge on any atom is -0.496 e. The Morgan fingerprint density at radius 2 is 1.76 bits per heavy atom. The van der Waals surface area contributed by atoms with Gasteiger partial charge in [0.15, 0.2) is 5.78 Å². The monoisotopic (exact) mass is 393 g/mol. The second-order valence-corrected chi connectivity index (χ2v) is 6.76. The molecule has 0 spiro atoms. The molecule has 0 radical (unpaired) electrons. The molecular formula is C22H23N3O4. The van der Waals surface area contributed by atoms with Gasteiger partial charge in [-0.25, -0.2) is 0 Å². The van der Waals surface area contributed by atoms with Crippen LogP contribution in [-0.4, -0.2) is 29.7 Å². The Bertz CT molecular complexity index is 1060. The van der Waals surface area contributed by atoms with Crippen molar-refractivity contribution in [2.75, 3.05) is 7.11 Å². The van der Waals surface area contributed by atoms with Crippen molar-refractivity contribution < 1.29 is 19.1 Å². The first-order valence-corrected chi connectivity index (χ1v) is 9.28. The van der Waals surface area contributed by atoms with Crippen LogP contribution in [0.25, 0.3) is 10.9 Å². The van der Waals surface area contributed by atoms with Gasteiger partial charge in [0.25, 0.3) is 0 Å². The van der Waals surface area contributed by atoms with Crippen molar-refractivity contribution in [1.29, 1.82) is 0 Å². The number of aryl methyl sites for hydroxylation is 1. The van der Waals surface area contributed by atoms with Gasteiger partial charge in [-0.1, -0.05) is 29.8 Å². The minimum absolute atomic E-state index is 0.0178. The van der Waals surface area contributed by atoms with Crippen LogP contribution in [0.1, 0.15) is 34.3 Å². The van der Waals surface area contributed by atoms with E-state index >= 15 is 0 Å². The molecule has 0 bridgehead atoms. The van der Waals surface area contributed by atoms with Crippen molar-refractivity contribution in [3.8, 4) is 5.75 Å². The van der Waals surface area contributed by atoms with Gasteiger partial charge in [0.2, 0.25) is 11.8 Å². The average molecular weight is 393 g/mol. The lowest BCUT2D eigenvalue weighted by Crippen LogP contribution is -2.42. The van der Waals surface area contributed by atoms with Crippen LogP contribution in [0, 0.1) is 6.92 Å². The number of H-pyrrole nitrogens is 1. The third-order valence-electron chi connectivity index (χ3n) is 4.60. The summed E-state index contributed by atoms with van der Waals surface area (Å²) in [6, 6.07) is 13.0. The maximum atomic E-state index is 12.4. The molecule has 7 nitrogen and oxygen atoms in total. The predicted octanol–water partition coefficient (Wildman–Crippen LogP) is 2.84. The molecule has 0 saturated carbocycles. The van der Waals surface area contributed by atoms with E-state index in [1.54, 1.807) is 18.3 Å². The second-order valence-electron chi connectivity index (χ2n) is 6.76. The minimum atomic E-state index is -0.433. The van der Waals surface area contributed by atoms with E-state index in [4.69, 9.17) is 4.74 Å². The fraction of sp³-hybridized carbons (Fsp3) is 0.227. The van der Waals surface area contributed by atoms with Crippen LogP contribution in [0.2, 0.25) is 0 Å². The van der Waals surface area contributed by atoms with E-state index in [9.17, 15) is 14.4 Å². The molecule has 7 heteroatoms. The Morgan fingerprint density at radius 1 is 1.00 bits per heavy atom. The summed E-state index contributed by atoms with van der Waals surface area (Å²) in [4.78, 5) is 39.6. The Balaban J connectivity index is 1.48. The molecule has 2 aromatic carbocycles. The van der Waals surface area contributed by atoms with Gasteiger partial charge in [-0.2, -0.15) is 0 Å². The van der Waals surface area contributed by atoms with E-state index in [-0.39, 0.29) is 31.0 Å². The number of ketones is 1. The van der Waals surface area contributed by atoms with Crippen LogP contribution in [0.5, 0.6) is 5.75 Å². The van der Waals surface area contributed by atoms with Gasteiger partial charge in [-0.05, 0) is 30.7 Å². The standard InChI is InChI=1S/C22H23N3O4/c1-14-7-9-20(29-2)17(11-14)19(26)8-10-21(27)24-25-22(28)12-15-13-23-18-6-4-3-5-16(15)18/h3-7,9,11,13,23H,8,10,12H2,1-2H3,(H,24,27)(H,25,28). The molecule has 3 N–H and O–H groups in total. The predicted molar refractivity (Wildman–Crippen MR) is 110 cm³/mol. The summed E-state index contributed by atoms with van der Waals surface area (Å²) in [7, 11) is 1.50. The van der Waals surface area contributed by atoms with Crippen molar-refractivity contribution in [1.82, 2.24) is 15.8 Å². The number of para-hydroxylation sites is 1. The first kappa shape index (κ1) is 20.1. The molecule has 0 fully saturated rings. The third kappa shape index (κ3) is 5.01. The van der Waals surface area contributed by atoms with Gasteiger partial charge in [-0.3, -0.25) is 25.2 Å². The molecule has 0 aliphatic carbocycles. The number of carbonyl (C=O) groups excluding carboxylic acids is 3. The number of amides is 2. The molecule has 1 heterocycles. The van der Waals surface area contributed by atoms with Crippen molar-refractivity contribution in [3.05, 3.63) is 65.4 Å². The number of fused-ring (bicyclic) bond motifs is 1. The molecule has 29 heavy (non-hydrogen) atoms. The van der Waals surface area contributed by atoms with Crippen LogP contribution >= 0.6 is 0 Å². The number of methoxy groups -OCH3 is 1. The van der Waals surface area contributed by atoms with Crippen molar-refractivity contribution in [2.45, 2.75) is 26.2 Å². The van der Waals surface area contributed by atoms with Crippen molar-refractivity contribution in [3.63, 3.8) is 0 Å². The van der Waals surface area contributed by atoms with Gasteiger partial charge in [0, 0.05) is 29.9 Å². The van der Waals surface area contributed by atoms with Crippen LogP contribution in [0.3, 0.4) is 0 Å². The van der Waals surface area contributed by atoms with Crippen LogP contribution in [0.15, 0.2) is 48.7 Å². The molecule has 3 aromatic rings. The Morgan fingerprint density at radius 3 is 2.55 bits per heavy atom. The van der Waals surface area contributed by atoms with E-state index in [2.05, 4.69) is 15.8 Å². The van der Waals surface area contributed by atoms with Crippen LogP contribution in [0.4, 0.5) is 0 Å². The third-order valence-corrected chi connectivity index (χ3v) is 4.60. The normalized spacial score (nSPS) is 10.6. The highest BCUT2D eigenvalue weighted by Gasteiger charge is 2.15. The Labute approximate surface area is 168 Å². The van der Waals surface area contributed by atoms with E-state index < -0.39 is 5.91 Å². The summed E-state index contributed by atoms with van der Waals surface area (Å²) in [6.07, 6.45) is 1.89. The zero-order valence-electron chi connectivity index (χ0n) is 16.4. The van der Waals surface area contributed by atoms with E-state index in [1.807, 2.05) is 37.3 Å². The molecule has 0 aliphatic heterocycles. The first-order chi connectivity index (χ1) is 14.0. The molecule has 0 aliphatic rings. The lowest BCUT2D eigenvalue weighted by Gasteiger charge is -2.09. The topological polar surface area (TPSA) is 100 Å². The highest BCUT2D eigenvalue weighted by molar-refractivity contribution is 6.00. The van der Waals surface area contributed by atoms with Gasteiger partial charge in [0.05, 0.1) is 19.1 Å². The number of hydrogen-bond donors (Lipinski definition) is 3. The van der Waals surface area contributed by atoms with E-state index in [1.165, 1.54) is 7.11 Å². The molecule has 150 valence electrons. The highest BCUT2D eigenvalue weighted by atomic mass is 16.5. The highest BCUT2D eigenvalue weighted by Crippen LogP contribution is 2.21. The number of carbonyl (C=O) groups is 3. The Hall–Kier alpha value is -3.61. The van der Waals surface area contributed by atoms with Gasteiger partial charge in [0.1, 0.15) is 5.75 Å². The van der Waals surface area contributed by atoms with Gasteiger partial charge >= 0.3 is 0 Å². The largest absolute Gasteiger partial charge is 0.496 e. The van der Waals surface area contributed by atoms with Crippen molar-refractivity contribution in [2.24, 2.45) is 0 Å². The quantitative estimate of drug-likeness (QED) is 0.424. The summed E-state index contributed by atoms with van der Waals surface area (Å²) in [6.45, 7) is 1.88. The molecule has 0 unspecified atom stereocenters. The summed E-state index contributed by atoms with van der Waals surface area (Å²) in [5.74, 6) is -0.481. The van der Waals surface area contributed by atoms with Crippen LogP contribution < -0.4 is 15.6 Å². The maximum Gasteiger partial charge on any atom is 0.242 e. The number of hydrogen-bond acceptors (Lipinski definition) is 4. The second kappa shape index (κ2) is 9.05.